The van der Waals surface area contributed by atoms with E-state index >= 15 is 0 Å². The zero-order valence-corrected chi connectivity index (χ0v) is 18.3. The lowest BCUT2D eigenvalue weighted by Gasteiger charge is -2.15. The molecule has 1 aliphatic rings. The zero-order chi connectivity index (χ0) is 22.5. The fraction of sp³-hybridized carbons (Fsp3) is 0.160. The van der Waals surface area contributed by atoms with Crippen molar-refractivity contribution in [3.8, 4) is 0 Å². The second kappa shape index (κ2) is 9.70. The number of thioether (sulfide) groups is 1. The minimum Gasteiger partial charge on any atom is -0.468 e. The number of hydrogen-bond acceptors (Lipinski definition) is 6. The summed E-state index contributed by atoms with van der Waals surface area (Å²) >= 11 is 1.27. The van der Waals surface area contributed by atoms with E-state index in [1.807, 2.05) is 43.3 Å². The molecule has 0 saturated heterocycles. The number of carbonyl (C=O) groups excluding carboxylic acids is 3. The number of esters is 1. The van der Waals surface area contributed by atoms with Crippen molar-refractivity contribution in [2.75, 3.05) is 11.5 Å². The van der Waals surface area contributed by atoms with Gasteiger partial charge < -0.3 is 9.15 Å². The highest BCUT2D eigenvalue weighted by Gasteiger charge is 2.40. The zero-order valence-electron chi connectivity index (χ0n) is 17.4. The molecule has 0 bridgehead atoms. The van der Waals surface area contributed by atoms with Gasteiger partial charge in [0.25, 0.3) is 11.8 Å². The van der Waals surface area contributed by atoms with Crippen molar-refractivity contribution >= 4 is 40.8 Å². The first-order chi connectivity index (χ1) is 15.6. The van der Waals surface area contributed by atoms with Gasteiger partial charge >= 0.3 is 5.97 Å². The van der Waals surface area contributed by atoms with Gasteiger partial charge in [-0.15, -0.1) is 11.8 Å². The standard InChI is InChI=1S/C25H21NO5S/c1-2-14-31-25(29)18-10-12-19(13-11-18)26-23(27)21(17-7-4-3-5-8-17)22(24(26)28)32-16-20-9-6-15-30-20/h3-13,15H,2,14,16H2,1H3. The van der Waals surface area contributed by atoms with Crippen LogP contribution in [0.3, 0.4) is 0 Å². The van der Waals surface area contributed by atoms with E-state index < -0.39 is 17.8 Å². The number of ether oxygens (including phenoxy) is 1. The van der Waals surface area contributed by atoms with Crippen molar-refractivity contribution < 1.29 is 23.5 Å². The monoisotopic (exact) mass is 447 g/mol. The summed E-state index contributed by atoms with van der Waals surface area (Å²) in [6, 6.07) is 19.0. The van der Waals surface area contributed by atoms with E-state index in [1.54, 1.807) is 36.6 Å². The summed E-state index contributed by atoms with van der Waals surface area (Å²) in [7, 11) is 0. The number of carbonyl (C=O) groups is 3. The average molecular weight is 448 g/mol. The molecule has 2 aromatic carbocycles. The molecule has 1 aliphatic heterocycles. The van der Waals surface area contributed by atoms with Crippen LogP contribution in [0.25, 0.3) is 5.57 Å². The Bertz CT molecular complexity index is 1150. The van der Waals surface area contributed by atoms with Crippen LogP contribution in [0.4, 0.5) is 5.69 Å². The van der Waals surface area contributed by atoms with Gasteiger partial charge in [-0.3, -0.25) is 9.59 Å². The Labute approximate surface area is 189 Å². The van der Waals surface area contributed by atoms with Gasteiger partial charge in [0, 0.05) is 0 Å². The maximum atomic E-state index is 13.4. The summed E-state index contributed by atoms with van der Waals surface area (Å²) < 4.78 is 10.5. The Morgan fingerprint density at radius 2 is 1.72 bits per heavy atom. The van der Waals surface area contributed by atoms with Crippen LogP contribution in [0.5, 0.6) is 0 Å². The molecule has 6 nitrogen and oxygen atoms in total. The van der Waals surface area contributed by atoms with Crippen molar-refractivity contribution in [3.05, 3.63) is 94.8 Å². The number of furan rings is 1. The van der Waals surface area contributed by atoms with Crippen molar-refractivity contribution in [2.45, 2.75) is 19.1 Å². The van der Waals surface area contributed by atoms with Gasteiger partial charge in [-0.05, 0) is 48.4 Å². The molecule has 1 aromatic heterocycles. The Kier molecular flexibility index (Phi) is 6.56. The minimum atomic E-state index is -0.435. The van der Waals surface area contributed by atoms with Crippen LogP contribution < -0.4 is 4.90 Å². The highest BCUT2D eigenvalue weighted by atomic mass is 32.2. The molecule has 7 heteroatoms. The summed E-state index contributed by atoms with van der Waals surface area (Å²) in [4.78, 5) is 40.3. The smallest absolute Gasteiger partial charge is 0.338 e. The Balaban J connectivity index is 1.63. The van der Waals surface area contributed by atoms with E-state index in [-0.39, 0.29) is 0 Å². The molecule has 0 atom stereocenters. The molecule has 2 heterocycles. The molecule has 162 valence electrons. The summed E-state index contributed by atoms with van der Waals surface area (Å²) in [5, 5.41) is 0. The highest BCUT2D eigenvalue weighted by molar-refractivity contribution is 8.03. The van der Waals surface area contributed by atoms with Crippen LogP contribution in [-0.2, 0) is 20.1 Å². The van der Waals surface area contributed by atoms with Gasteiger partial charge in [0.05, 0.1) is 40.4 Å². The first-order valence-electron chi connectivity index (χ1n) is 10.2. The molecule has 2 amide bonds. The van der Waals surface area contributed by atoms with Gasteiger partial charge in [0.2, 0.25) is 0 Å². The molecule has 0 aliphatic carbocycles. The van der Waals surface area contributed by atoms with Crippen LogP contribution in [-0.4, -0.2) is 24.4 Å². The first-order valence-corrected chi connectivity index (χ1v) is 11.2. The summed E-state index contributed by atoms with van der Waals surface area (Å²) in [6.45, 7) is 2.25. The summed E-state index contributed by atoms with van der Waals surface area (Å²) in [5.74, 6) is -0.0942. The number of amides is 2. The Morgan fingerprint density at radius 3 is 2.38 bits per heavy atom. The van der Waals surface area contributed by atoms with E-state index in [1.165, 1.54) is 11.8 Å². The topological polar surface area (TPSA) is 76.8 Å². The predicted octanol–water partition coefficient (Wildman–Crippen LogP) is 5.06. The Hall–Kier alpha value is -3.58. The molecule has 0 fully saturated rings. The maximum absolute atomic E-state index is 13.4. The largest absolute Gasteiger partial charge is 0.468 e. The number of hydrogen-bond donors (Lipinski definition) is 0. The van der Waals surface area contributed by atoms with E-state index in [0.717, 1.165) is 11.3 Å². The van der Waals surface area contributed by atoms with Gasteiger partial charge in [-0.1, -0.05) is 37.3 Å². The van der Waals surface area contributed by atoms with E-state index in [4.69, 9.17) is 9.15 Å². The van der Waals surface area contributed by atoms with Crippen LogP contribution in [0, 0.1) is 0 Å². The third-order valence-electron chi connectivity index (χ3n) is 4.84. The van der Waals surface area contributed by atoms with Crippen LogP contribution in [0.15, 0.2) is 82.3 Å². The van der Waals surface area contributed by atoms with E-state index in [9.17, 15) is 14.4 Å². The number of anilines is 1. The van der Waals surface area contributed by atoms with Gasteiger partial charge in [-0.25, -0.2) is 9.69 Å². The second-order valence-corrected chi connectivity index (χ2v) is 8.05. The molecule has 0 radical (unpaired) electrons. The van der Waals surface area contributed by atoms with Crippen molar-refractivity contribution in [1.82, 2.24) is 0 Å². The van der Waals surface area contributed by atoms with Crippen LogP contribution in [0.2, 0.25) is 0 Å². The van der Waals surface area contributed by atoms with E-state index in [0.29, 0.717) is 45.4 Å². The van der Waals surface area contributed by atoms with Gasteiger partial charge in [-0.2, -0.15) is 0 Å². The van der Waals surface area contributed by atoms with Crippen LogP contribution >= 0.6 is 11.8 Å². The first kappa shape index (κ1) is 21.6. The molecular formula is C25H21NO5S. The maximum Gasteiger partial charge on any atom is 0.338 e. The fourth-order valence-corrected chi connectivity index (χ4v) is 4.32. The second-order valence-electron chi connectivity index (χ2n) is 7.07. The van der Waals surface area contributed by atoms with Crippen molar-refractivity contribution in [1.29, 1.82) is 0 Å². The molecule has 0 unspecified atom stereocenters. The molecule has 0 saturated carbocycles. The van der Waals surface area contributed by atoms with E-state index in [2.05, 4.69) is 0 Å². The molecule has 4 rings (SSSR count). The SMILES string of the molecule is CCCOC(=O)c1ccc(N2C(=O)C(SCc3ccco3)=C(c3ccccc3)C2=O)cc1. The number of rotatable bonds is 8. The predicted molar refractivity (Wildman–Crippen MR) is 123 cm³/mol. The van der Waals surface area contributed by atoms with Crippen molar-refractivity contribution in [2.24, 2.45) is 0 Å². The van der Waals surface area contributed by atoms with Crippen LogP contribution in [0.1, 0.15) is 35.0 Å². The quantitative estimate of drug-likeness (QED) is 0.355. The third kappa shape index (κ3) is 4.38. The minimum absolute atomic E-state index is 0.338. The lowest BCUT2D eigenvalue weighted by molar-refractivity contribution is -0.119. The third-order valence-corrected chi connectivity index (χ3v) is 5.94. The summed E-state index contributed by atoms with van der Waals surface area (Å²) in [6.07, 6.45) is 2.30. The fourth-order valence-electron chi connectivity index (χ4n) is 3.30. The average Bonchev–Trinajstić information content (AvgIpc) is 3.42. The van der Waals surface area contributed by atoms with Crippen molar-refractivity contribution in [3.63, 3.8) is 0 Å². The van der Waals surface area contributed by atoms with Gasteiger partial charge in [0.1, 0.15) is 5.76 Å². The number of nitrogens with zero attached hydrogens (tertiary/aromatic N) is 1. The lowest BCUT2D eigenvalue weighted by Crippen LogP contribution is -2.31. The summed E-state index contributed by atoms with van der Waals surface area (Å²) in [5.41, 5.74) is 1.80. The number of imide groups is 1. The Morgan fingerprint density at radius 1 is 0.969 bits per heavy atom. The highest BCUT2D eigenvalue weighted by Crippen LogP contribution is 2.39. The molecule has 32 heavy (non-hydrogen) atoms. The molecular weight excluding hydrogens is 426 g/mol. The number of benzene rings is 2. The molecule has 0 spiro atoms. The molecule has 0 N–H and O–H groups in total. The van der Waals surface area contributed by atoms with Gasteiger partial charge in [0.15, 0.2) is 0 Å². The normalized spacial score (nSPS) is 13.7. The molecule has 3 aromatic rings. The lowest BCUT2D eigenvalue weighted by atomic mass is 10.1.